The van der Waals surface area contributed by atoms with Gasteiger partial charge in [-0.15, -0.1) is 0 Å². The number of carbonyl (C=O) groups is 1. The number of carbonyl (C=O) groups excluding carboxylic acids is 1. The van der Waals surface area contributed by atoms with E-state index < -0.39 is 5.60 Å². The van der Waals surface area contributed by atoms with Gasteiger partial charge in [0.05, 0.1) is 12.3 Å². The Morgan fingerprint density at radius 2 is 2.08 bits per heavy atom. The standard InChI is InChI=1S/C18H29N3O3/c1-14-16(20-10-9-19-14)23-12-6-8-15-7-5-11-21(13-15)17(22)24-18(2,3)4/h9-10,15H,5-8,11-13H2,1-4H3/t15-/m1/s1. The van der Waals surface area contributed by atoms with E-state index in [0.717, 1.165) is 44.5 Å². The van der Waals surface area contributed by atoms with Gasteiger partial charge in [0.15, 0.2) is 0 Å². The molecule has 0 spiro atoms. The second-order valence-corrected chi connectivity index (χ2v) is 7.37. The summed E-state index contributed by atoms with van der Waals surface area (Å²) in [5.41, 5.74) is 0.373. The van der Waals surface area contributed by atoms with Crippen molar-refractivity contribution in [2.45, 2.75) is 59.0 Å². The van der Waals surface area contributed by atoms with Gasteiger partial charge >= 0.3 is 6.09 Å². The first kappa shape index (κ1) is 18.5. The van der Waals surface area contributed by atoms with Crippen molar-refractivity contribution in [1.82, 2.24) is 14.9 Å². The van der Waals surface area contributed by atoms with Crippen molar-refractivity contribution in [3.8, 4) is 5.88 Å². The van der Waals surface area contributed by atoms with E-state index in [1.54, 1.807) is 12.4 Å². The second-order valence-electron chi connectivity index (χ2n) is 7.37. The van der Waals surface area contributed by atoms with Gasteiger partial charge in [0.25, 0.3) is 0 Å². The van der Waals surface area contributed by atoms with E-state index in [0.29, 0.717) is 18.4 Å². The number of ether oxygens (including phenoxy) is 2. The summed E-state index contributed by atoms with van der Waals surface area (Å²) in [4.78, 5) is 22.4. The lowest BCUT2D eigenvalue weighted by Crippen LogP contribution is -2.42. The molecule has 0 unspecified atom stereocenters. The number of aryl methyl sites for hydroxylation is 1. The van der Waals surface area contributed by atoms with E-state index in [9.17, 15) is 4.79 Å². The maximum Gasteiger partial charge on any atom is 0.410 e. The van der Waals surface area contributed by atoms with Crippen LogP contribution in [-0.2, 0) is 4.74 Å². The van der Waals surface area contributed by atoms with Crippen LogP contribution in [0.25, 0.3) is 0 Å². The summed E-state index contributed by atoms with van der Waals surface area (Å²) in [6.07, 6.45) is 7.29. The Balaban J connectivity index is 1.71. The van der Waals surface area contributed by atoms with E-state index in [-0.39, 0.29) is 6.09 Å². The minimum Gasteiger partial charge on any atom is -0.476 e. The molecule has 1 saturated heterocycles. The molecule has 1 aromatic heterocycles. The number of rotatable bonds is 5. The van der Waals surface area contributed by atoms with Crippen molar-refractivity contribution in [2.75, 3.05) is 19.7 Å². The average Bonchev–Trinajstić information content (AvgIpc) is 2.52. The summed E-state index contributed by atoms with van der Waals surface area (Å²) in [6, 6.07) is 0. The molecule has 0 bridgehead atoms. The molecule has 6 nitrogen and oxygen atoms in total. The first-order chi connectivity index (χ1) is 11.3. The fourth-order valence-electron chi connectivity index (χ4n) is 2.87. The smallest absolute Gasteiger partial charge is 0.410 e. The summed E-state index contributed by atoms with van der Waals surface area (Å²) in [5, 5.41) is 0. The summed E-state index contributed by atoms with van der Waals surface area (Å²) in [5.74, 6) is 1.12. The van der Waals surface area contributed by atoms with Crippen LogP contribution in [0.4, 0.5) is 4.79 Å². The average molecular weight is 335 g/mol. The number of hydrogen-bond acceptors (Lipinski definition) is 5. The van der Waals surface area contributed by atoms with Crippen LogP contribution in [-0.4, -0.2) is 46.3 Å². The molecule has 0 radical (unpaired) electrons. The normalized spacial score (nSPS) is 18.3. The van der Waals surface area contributed by atoms with Crippen LogP contribution < -0.4 is 4.74 Å². The van der Waals surface area contributed by atoms with Crippen molar-refractivity contribution >= 4 is 6.09 Å². The molecule has 2 heterocycles. The first-order valence-electron chi connectivity index (χ1n) is 8.73. The molecule has 0 saturated carbocycles. The van der Waals surface area contributed by atoms with Crippen LogP contribution in [0.3, 0.4) is 0 Å². The molecule has 6 heteroatoms. The maximum atomic E-state index is 12.2. The zero-order chi connectivity index (χ0) is 17.6. The molecule has 24 heavy (non-hydrogen) atoms. The molecule has 2 rings (SSSR count). The number of piperidine rings is 1. The molecular weight excluding hydrogens is 306 g/mol. The monoisotopic (exact) mass is 335 g/mol. The highest BCUT2D eigenvalue weighted by molar-refractivity contribution is 5.68. The summed E-state index contributed by atoms with van der Waals surface area (Å²) < 4.78 is 11.2. The third-order valence-corrected chi connectivity index (χ3v) is 4.00. The Kier molecular flexibility index (Phi) is 6.40. The minimum absolute atomic E-state index is 0.196. The highest BCUT2D eigenvalue weighted by atomic mass is 16.6. The number of aromatic nitrogens is 2. The molecule has 0 N–H and O–H groups in total. The molecule has 1 amide bonds. The molecule has 134 valence electrons. The third-order valence-electron chi connectivity index (χ3n) is 4.00. The van der Waals surface area contributed by atoms with Gasteiger partial charge in [-0.25, -0.2) is 9.78 Å². The lowest BCUT2D eigenvalue weighted by atomic mass is 9.94. The van der Waals surface area contributed by atoms with Crippen LogP contribution in [0.2, 0.25) is 0 Å². The predicted octanol–water partition coefficient (Wildman–Crippen LogP) is 3.59. The van der Waals surface area contributed by atoms with Crippen molar-refractivity contribution < 1.29 is 14.3 Å². The maximum absolute atomic E-state index is 12.2. The number of likely N-dealkylation sites (tertiary alicyclic amines) is 1. The Morgan fingerprint density at radius 3 is 2.79 bits per heavy atom. The Morgan fingerprint density at radius 1 is 1.33 bits per heavy atom. The number of nitrogens with zero attached hydrogens (tertiary/aromatic N) is 3. The number of hydrogen-bond donors (Lipinski definition) is 0. The van der Waals surface area contributed by atoms with Gasteiger partial charge in [-0.3, -0.25) is 4.98 Å². The zero-order valence-corrected chi connectivity index (χ0v) is 15.2. The van der Waals surface area contributed by atoms with Crippen molar-refractivity contribution in [3.05, 3.63) is 18.1 Å². The summed E-state index contributed by atoms with van der Waals surface area (Å²) in [6.45, 7) is 9.79. The van der Waals surface area contributed by atoms with E-state index in [1.165, 1.54) is 0 Å². The van der Waals surface area contributed by atoms with Crippen LogP contribution in [0, 0.1) is 12.8 Å². The van der Waals surface area contributed by atoms with E-state index in [1.807, 2.05) is 32.6 Å². The lowest BCUT2D eigenvalue weighted by Gasteiger charge is -2.34. The molecule has 1 aromatic rings. The quantitative estimate of drug-likeness (QED) is 0.769. The van der Waals surface area contributed by atoms with Crippen LogP contribution in [0.1, 0.15) is 52.1 Å². The van der Waals surface area contributed by atoms with Gasteiger partial charge in [-0.2, -0.15) is 0 Å². The van der Waals surface area contributed by atoms with Crippen molar-refractivity contribution in [1.29, 1.82) is 0 Å². The fraction of sp³-hybridized carbons (Fsp3) is 0.722. The van der Waals surface area contributed by atoms with Gasteiger partial charge in [0.2, 0.25) is 5.88 Å². The van der Waals surface area contributed by atoms with Crippen LogP contribution in [0.5, 0.6) is 5.88 Å². The summed E-state index contributed by atoms with van der Waals surface area (Å²) >= 11 is 0. The molecular formula is C18H29N3O3. The van der Waals surface area contributed by atoms with Crippen LogP contribution in [0.15, 0.2) is 12.4 Å². The Labute approximate surface area is 144 Å². The molecule has 0 aromatic carbocycles. The topological polar surface area (TPSA) is 64.6 Å². The molecule has 1 atom stereocenters. The second kappa shape index (κ2) is 8.31. The van der Waals surface area contributed by atoms with E-state index >= 15 is 0 Å². The predicted molar refractivity (Wildman–Crippen MR) is 92.0 cm³/mol. The van der Waals surface area contributed by atoms with Gasteiger partial charge in [0, 0.05) is 25.5 Å². The van der Waals surface area contributed by atoms with Gasteiger partial charge < -0.3 is 14.4 Å². The van der Waals surface area contributed by atoms with Gasteiger partial charge in [0.1, 0.15) is 5.60 Å². The van der Waals surface area contributed by atoms with E-state index in [4.69, 9.17) is 9.47 Å². The molecule has 1 fully saturated rings. The Bertz CT molecular complexity index is 543. The van der Waals surface area contributed by atoms with E-state index in [2.05, 4.69) is 9.97 Å². The highest BCUT2D eigenvalue weighted by Gasteiger charge is 2.27. The molecule has 1 aliphatic rings. The molecule has 0 aliphatic carbocycles. The SMILES string of the molecule is Cc1nccnc1OCCC[C@H]1CCCN(C(=O)OC(C)(C)C)C1. The summed E-state index contributed by atoms with van der Waals surface area (Å²) in [7, 11) is 0. The zero-order valence-electron chi connectivity index (χ0n) is 15.2. The largest absolute Gasteiger partial charge is 0.476 e. The highest BCUT2D eigenvalue weighted by Crippen LogP contribution is 2.23. The van der Waals surface area contributed by atoms with Gasteiger partial charge in [-0.05, 0) is 59.3 Å². The number of amides is 1. The van der Waals surface area contributed by atoms with Crippen molar-refractivity contribution in [3.63, 3.8) is 0 Å². The molecule has 1 aliphatic heterocycles. The van der Waals surface area contributed by atoms with Gasteiger partial charge in [-0.1, -0.05) is 0 Å². The lowest BCUT2D eigenvalue weighted by molar-refractivity contribution is 0.0159. The van der Waals surface area contributed by atoms with Crippen molar-refractivity contribution in [2.24, 2.45) is 5.92 Å². The Hall–Kier alpha value is -1.85. The fourth-order valence-corrected chi connectivity index (χ4v) is 2.87. The minimum atomic E-state index is -0.438. The first-order valence-corrected chi connectivity index (χ1v) is 8.73. The third kappa shape index (κ3) is 5.98. The van der Waals surface area contributed by atoms with Crippen LogP contribution >= 0.6 is 0 Å².